The summed E-state index contributed by atoms with van der Waals surface area (Å²) in [6, 6.07) is 3.34. The van der Waals surface area contributed by atoms with Gasteiger partial charge >= 0.3 is 0 Å². The van der Waals surface area contributed by atoms with Crippen LogP contribution in [0.3, 0.4) is 0 Å². The monoisotopic (exact) mass is 234 g/mol. The maximum Gasteiger partial charge on any atom is 0.243 e. The van der Waals surface area contributed by atoms with Gasteiger partial charge < -0.3 is 15.0 Å². The molecule has 6 heteroatoms. The zero-order valence-electron chi connectivity index (χ0n) is 9.97. The third-order valence-corrected chi connectivity index (χ3v) is 2.23. The number of aromatic nitrogens is 3. The van der Waals surface area contributed by atoms with Crippen LogP contribution in [0, 0.1) is 6.92 Å². The van der Waals surface area contributed by atoms with E-state index in [-0.39, 0.29) is 6.04 Å². The van der Waals surface area contributed by atoms with E-state index < -0.39 is 0 Å². The first kappa shape index (κ1) is 11.5. The fraction of sp³-hybridized carbons (Fsp3) is 0.364. The standard InChI is InChI=1S/C11H14N4O2/c1-6-4-8(5-9(13-6)16-3)10-14-11(7(2)12)17-15-10/h4-5,7H,12H2,1-3H3. The zero-order chi connectivity index (χ0) is 12.4. The molecule has 0 fully saturated rings. The first-order chi connectivity index (χ1) is 8.10. The molecule has 2 aromatic rings. The van der Waals surface area contributed by atoms with Crippen molar-refractivity contribution >= 4 is 0 Å². The summed E-state index contributed by atoms with van der Waals surface area (Å²) >= 11 is 0. The van der Waals surface area contributed by atoms with Gasteiger partial charge in [-0.3, -0.25) is 0 Å². The molecule has 1 unspecified atom stereocenters. The molecule has 2 aromatic heterocycles. The molecular formula is C11H14N4O2. The van der Waals surface area contributed by atoms with E-state index in [9.17, 15) is 0 Å². The van der Waals surface area contributed by atoms with Crippen molar-refractivity contribution in [1.82, 2.24) is 15.1 Å². The normalized spacial score (nSPS) is 12.5. The topological polar surface area (TPSA) is 87.1 Å². The highest BCUT2D eigenvalue weighted by molar-refractivity contribution is 5.56. The second-order valence-electron chi connectivity index (χ2n) is 3.78. The molecule has 17 heavy (non-hydrogen) atoms. The van der Waals surface area contributed by atoms with Crippen LogP contribution in [0.5, 0.6) is 5.88 Å². The van der Waals surface area contributed by atoms with Crippen LogP contribution in [-0.2, 0) is 0 Å². The molecule has 0 aliphatic heterocycles. The van der Waals surface area contributed by atoms with Crippen LogP contribution in [0.15, 0.2) is 16.7 Å². The maximum atomic E-state index is 5.66. The number of hydrogen-bond donors (Lipinski definition) is 1. The van der Waals surface area contributed by atoms with Crippen molar-refractivity contribution in [2.75, 3.05) is 7.11 Å². The first-order valence-electron chi connectivity index (χ1n) is 5.22. The van der Waals surface area contributed by atoms with E-state index in [1.807, 2.05) is 13.0 Å². The number of rotatable bonds is 3. The Morgan fingerprint density at radius 2 is 2.12 bits per heavy atom. The van der Waals surface area contributed by atoms with E-state index in [0.29, 0.717) is 17.6 Å². The number of hydrogen-bond acceptors (Lipinski definition) is 6. The number of nitrogens with zero attached hydrogens (tertiary/aromatic N) is 3. The summed E-state index contributed by atoms with van der Waals surface area (Å²) < 4.78 is 10.1. The first-order valence-corrected chi connectivity index (χ1v) is 5.22. The zero-order valence-corrected chi connectivity index (χ0v) is 9.97. The van der Waals surface area contributed by atoms with Gasteiger partial charge in [0.2, 0.25) is 17.6 Å². The molecule has 6 nitrogen and oxygen atoms in total. The lowest BCUT2D eigenvalue weighted by molar-refractivity contribution is 0.362. The Morgan fingerprint density at radius 3 is 2.71 bits per heavy atom. The van der Waals surface area contributed by atoms with E-state index in [1.54, 1.807) is 20.1 Å². The molecule has 2 N–H and O–H groups in total. The van der Waals surface area contributed by atoms with Crippen molar-refractivity contribution < 1.29 is 9.26 Å². The van der Waals surface area contributed by atoms with Gasteiger partial charge in [0.1, 0.15) is 0 Å². The van der Waals surface area contributed by atoms with E-state index in [2.05, 4.69) is 15.1 Å². The molecule has 0 saturated heterocycles. The summed E-state index contributed by atoms with van der Waals surface area (Å²) in [5, 5.41) is 3.87. The predicted molar refractivity (Wildman–Crippen MR) is 61.4 cm³/mol. The molecule has 0 aromatic carbocycles. The highest BCUT2D eigenvalue weighted by atomic mass is 16.5. The molecule has 90 valence electrons. The summed E-state index contributed by atoms with van der Waals surface area (Å²) in [5.74, 6) is 1.42. The van der Waals surface area contributed by atoms with Crippen molar-refractivity contribution in [2.45, 2.75) is 19.9 Å². The Kier molecular flexibility index (Phi) is 3.06. The molecule has 0 saturated carbocycles. The highest BCUT2D eigenvalue weighted by Gasteiger charge is 2.13. The summed E-state index contributed by atoms with van der Waals surface area (Å²) in [6.45, 7) is 3.66. The van der Waals surface area contributed by atoms with Crippen LogP contribution in [-0.4, -0.2) is 22.2 Å². The second kappa shape index (κ2) is 4.50. The third kappa shape index (κ3) is 2.42. The lowest BCUT2D eigenvalue weighted by Crippen LogP contribution is -2.04. The fourth-order valence-electron chi connectivity index (χ4n) is 1.41. The third-order valence-electron chi connectivity index (χ3n) is 2.23. The van der Waals surface area contributed by atoms with Crippen molar-refractivity contribution in [3.8, 4) is 17.3 Å². The van der Waals surface area contributed by atoms with Crippen molar-refractivity contribution in [3.63, 3.8) is 0 Å². The van der Waals surface area contributed by atoms with Crippen LogP contribution in [0.2, 0.25) is 0 Å². The lowest BCUT2D eigenvalue weighted by atomic mass is 10.2. The van der Waals surface area contributed by atoms with Gasteiger partial charge in [-0.25, -0.2) is 4.98 Å². The number of nitrogens with two attached hydrogens (primary N) is 1. The molecule has 0 bridgehead atoms. The van der Waals surface area contributed by atoms with Gasteiger partial charge in [0, 0.05) is 17.3 Å². The molecule has 0 aliphatic carbocycles. The molecule has 0 spiro atoms. The van der Waals surface area contributed by atoms with Gasteiger partial charge in [-0.05, 0) is 19.9 Å². The molecule has 2 heterocycles. The molecule has 0 aliphatic rings. The summed E-state index contributed by atoms with van der Waals surface area (Å²) in [5.41, 5.74) is 7.28. The SMILES string of the molecule is COc1cc(-c2noc(C(C)N)n2)cc(C)n1. The molecule has 0 amide bonds. The second-order valence-corrected chi connectivity index (χ2v) is 3.78. The summed E-state index contributed by atoms with van der Waals surface area (Å²) in [7, 11) is 1.56. The minimum atomic E-state index is -0.277. The lowest BCUT2D eigenvalue weighted by Gasteiger charge is -2.02. The summed E-state index contributed by atoms with van der Waals surface area (Å²) in [4.78, 5) is 8.40. The van der Waals surface area contributed by atoms with Crippen molar-refractivity contribution in [1.29, 1.82) is 0 Å². The predicted octanol–water partition coefficient (Wildman–Crippen LogP) is 1.47. The van der Waals surface area contributed by atoms with Crippen molar-refractivity contribution in [3.05, 3.63) is 23.7 Å². The Bertz CT molecular complexity index is 522. The van der Waals surface area contributed by atoms with E-state index in [4.69, 9.17) is 15.0 Å². The minimum absolute atomic E-state index is 0.277. The van der Waals surface area contributed by atoms with Crippen LogP contribution >= 0.6 is 0 Å². The number of methoxy groups -OCH3 is 1. The van der Waals surface area contributed by atoms with Gasteiger partial charge in [-0.1, -0.05) is 5.16 Å². The van der Waals surface area contributed by atoms with Gasteiger partial charge in [0.05, 0.1) is 13.2 Å². The highest BCUT2D eigenvalue weighted by Crippen LogP contribution is 2.22. The van der Waals surface area contributed by atoms with Crippen LogP contribution in [0.1, 0.15) is 24.6 Å². The Labute approximate surface area is 98.8 Å². The molecular weight excluding hydrogens is 220 g/mol. The Hall–Kier alpha value is -1.95. The van der Waals surface area contributed by atoms with Crippen molar-refractivity contribution in [2.24, 2.45) is 5.73 Å². The van der Waals surface area contributed by atoms with Gasteiger partial charge in [-0.15, -0.1) is 0 Å². The maximum absolute atomic E-state index is 5.66. The van der Waals surface area contributed by atoms with E-state index in [1.165, 1.54) is 0 Å². The van der Waals surface area contributed by atoms with Gasteiger partial charge in [0.15, 0.2) is 0 Å². The fourth-order valence-corrected chi connectivity index (χ4v) is 1.41. The number of ether oxygens (including phenoxy) is 1. The van der Waals surface area contributed by atoms with Gasteiger partial charge in [-0.2, -0.15) is 4.98 Å². The Morgan fingerprint density at radius 1 is 1.35 bits per heavy atom. The minimum Gasteiger partial charge on any atom is -0.481 e. The Balaban J connectivity index is 2.41. The average Bonchev–Trinajstić information content (AvgIpc) is 2.77. The summed E-state index contributed by atoms with van der Waals surface area (Å²) in [6.07, 6.45) is 0. The quantitative estimate of drug-likeness (QED) is 0.865. The molecule has 2 rings (SSSR count). The largest absolute Gasteiger partial charge is 0.481 e. The molecule has 0 radical (unpaired) electrons. The van der Waals surface area contributed by atoms with Crippen LogP contribution in [0.25, 0.3) is 11.4 Å². The van der Waals surface area contributed by atoms with Crippen LogP contribution < -0.4 is 10.5 Å². The average molecular weight is 234 g/mol. The number of pyridine rings is 1. The van der Waals surface area contributed by atoms with E-state index in [0.717, 1.165) is 11.3 Å². The van der Waals surface area contributed by atoms with E-state index >= 15 is 0 Å². The number of aryl methyl sites for hydroxylation is 1. The van der Waals surface area contributed by atoms with Gasteiger partial charge in [0.25, 0.3) is 0 Å². The molecule has 1 atom stereocenters. The van der Waals surface area contributed by atoms with Crippen LogP contribution in [0.4, 0.5) is 0 Å². The smallest absolute Gasteiger partial charge is 0.243 e.